The van der Waals surface area contributed by atoms with Gasteiger partial charge >= 0.3 is 0 Å². The van der Waals surface area contributed by atoms with E-state index in [0.717, 1.165) is 19.0 Å². The molecule has 0 aromatic rings. The topological polar surface area (TPSA) is 3.24 Å². The van der Waals surface area contributed by atoms with Crippen molar-refractivity contribution in [2.75, 3.05) is 19.6 Å². The molecule has 0 aromatic heterocycles. The average molecular weight is 213 g/mol. The predicted molar refractivity (Wildman–Crippen MR) is 70.2 cm³/mol. The van der Waals surface area contributed by atoms with Crippen molar-refractivity contribution < 1.29 is 0 Å². The molecule has 0 N–H and O–H groups in total. The van der Waals surface area contributed by atoms with Crippen molar-refractivity contribution in [3.05, 3.63) is 0 Å². The van der Waals surface area contributed by atoms with E-state index in [4.69, 9.17) is 0 Å². The maximum atomic E-state index is 2.53. The van der Waals surface area contributed by atoms with E-state index in [1.54, 1.807) is 0 Å². The quantitative estimate of drug-likeness (QED) is 0.644. The van der Waals surface area contributed by atoms with Crippen molar-refractivity contribution in [3.63, 3.8) is 0 Å². The fourth-order valence-corrected chi connectivity index (χ4v) is 1.99. The third-order valence-electron chi connectivity index (χ3n) is 4.70. The van der Waals surface area contributed by atoms with Crippen molar-refractivity contribution in [2.24, 2.45) is 16.7 Å². The minimum Gasteiger partial charge on any atom is -0.303 e. The zero-order valence-corrected chi connectivity index (χ0v) is 12.1. The zero-order chi connectivity index (χ0) is 12.3. The van der Waals surface area contributed by atoms with Gasteiger partial charge in [0.1, 0.15) is 0 Å². The van der Waals surface area contributed by atoms with Crippen LogP contribution in [0.25, 0.3) is 0 Å². The highest BCUT2D eigenvalue weighted by atomic mass is 15.1. The Labute approximate surface area is 97.2 Å². The van der Waals surface area contributed by atoms with Gasteiger partial charge < -0.3 is 4.90 Å². The zero-order valence-electron chi connectivity index (χ0n) is 12.1. The number of nitrogens with zero attached hydrogens (tertiary/aromatic N) is 1. The molecule has 0 heterocycles. The Balaban J connectivity index is 4.66. The van der Waals surface area contributed by atoms with Gasteiger partial charge in [0.25, 0.3) is 0 Å². The lowest BCUT2D eigenvalue weighted by Gasteiger charge is -2.47. The van der Waals surface area contributed by atoms with Crippen molar-refractivity contribution >= 4 is 0 Å². The van der Waals surface area contributed by atoms with Crippen LogP contribution in [0.2, 0.25) is 0 Å². The number of hydrogen-bond donors (Lipinski definition) is 0. The second-order valence-electron chi connectivity index (χ2n) is 6.22. The first-order valence-corrected chi connectivity index (χ1v) is 6.41. The van der Waals surface area contributed by atoms with Crippen molar-refractivity contribution in [2.45, 2.75) is 55.4 Å². The minimum absolute atomic E-state index is 0.368. The summed E-state index contributed by atoms with van der Waals surface area (Å²) < 4.78 is 0. The van der Waals surface area contributed by atoms with E-state index in [1.165, 1.54) is 6.54 Å². The molecule has 0 spiro atoms. The van der Waals surface area contributed by atoms with Crippen LogP contribution < -0.4 is 0 Å². The molecule has 0 aliphatic rings. The average Bonchev–Trinajstić information content (AvgIpc) is 2.13. The van der Waals surface area contributed by atoms with Crippen LogP contribution in [0.15, 0.2) is 0 Å². The Morgan fingerprint density at radius 1 is 0.933 bits per heavy atom. The van der Waals surface area contributed by atoms with Gasteiger partial charge in [-0.1, -0.05) is 55.4 Å². The summed E-state index contributed by atoms with van der Waals surface area (Å²) in [6, 6.07) is 0. The van der Waals surface area contributed by atoms with E-state index in [-0.39, 0.29) is 0 Å². The highest BCUT2D eigenvalue weighted by Gasteiger charge is 2.39. The molecule has 0 unspecified atom stereocenters. The van der Waals surface area contributed by atoms with E-state index in [9.17, 15) is 0 Å². The number of rotatable bonds is 6. The molecule has 0 aliphatic heterocycles. The molecule has 0 atom stereocenters. The summed E-state index contributed by atoms with van der Waals surface area (Å²) in [5.41, 5.74) is 0.753. The van der Waals surface area contributed by atoms with Gasteiger partial charge in [-0.25, -0.2) is 0 Å². The van der Waals surface area contributed by atoms with E-state index in [0.29, 0.717) is 10.8 Å². The highest BCUT2D eigenvalue weighted by molar-refractivity contribution is 4.90. The fraction of sp³-hybridized carbons (Fsp3) is 1.00. The summed E-state index contributed by atoms with van der Waals surface area (Å²) in [7, 11) is 0. The molecule has 1 nitrogen and oxygen atoms in total. The van der Waals surface area contributed by atoms with Crippen LogP contribution in [0, 0.1) is 16.7 Å². The molecule has 0 aliphatic carbocycles. The monoisotopic (exact) mass is 213 g/mol. The van der Waals surface area contributed by atoms with E-state index >= 15 is 0 Å². The van der Waals surface area contributed by atoms with Crippen LogP contribution in [0.1, 0.15) is 55.4 Å². The third kappa shape index (κ3) is 3.48. The molecule has 0 amide bonds. The Morgan fingerprint density at radius 2 is 1.33 bits per heavy atom. The largest absolute Gasteiger partial charge is 0.303 e. The van der Waals surface area contributed by atoms with E-state index in [1.807, 2.05) is 0 Å². The fourth-order valence-electron chi connectivity index (χ4n) is 1.99. The summed E-state index contributed by atoms with van der Waals surface area (Å²) in [6.07, 6.45) is 0. The second-order valence-corrected chi connectivity index (χ2v) is 6.22. The van der Waals surface area contributed by atoms with E-state index < -0.39 is 0 Å². The molecule has 0 saturated carbocycles. The van der Waals surface area contributed by atoms with Gasteiger partial charge in [0.2, 0.25) is 0 Å². The van der Waals surface area contributed by atoms with Gasteiger partial charge in [0.05, 0.1) is 0 Å². The van der Waals surface area contributed by atoms with E-state index in [2.05, 4.69) is 60.3 Å². The lowest BCUT2D eigenvalue weighted by molar-refractivity contribution is 0.0219. The second kappa shape index (κ2) is 5.34. The molecule has 0 saturated heterocycles. The maximum absolute atomic E-state index is 2.53. The van der Waals surface area contributed by atoms with Gasteiger partial charge in [0.15, 0.2) is 0 Å². The lowest BCUT2D eigenvalue weighted by atomic mass is 9.62. The molecule has 0 bridgehead atoms. The summed E-state index contributed by atoms with van der Waals surface area (Å²) in [5.74, 6) is 0.725. The number of hydrogen-bond acceptors (Lipinski definition) is 1. The highest BCUT2D eigenvalue weighted by Crippen LogP contribution is 2.44. The predicted octanol–water partition coefficient (Wildman–Crippen LogP) is 4.04. The molecular weight excluding hydrogens is 182 g/mol. The van der Waals surface area contributed by atoms with Gasteiger partial charge in [0, 0.05) is 6.54 Å². The minimum atomic E-state index is 0.368. The first-order valence-electron chi connectivity index (χ1n) is 6.41. The van der Waals surface area contributed by atoms with Crippen molar-refractivity contribution in [1.29, 1.82) is 0 Å². The van der Waals surface area contributed by atoms with Crippen LogP contribution in [0.3, 0.4) is 0 Å². The summed E-state index contributed by atoms with van der Waals surface area (Å²) in [4.78, 5) is 2.53. The third-order valence-corrected chi connectivity index (χ3v) is 4.70. The Kier molecular flexibility index (Phi) is 5.32. The van der Waals surface area contributed by atoms with Crippen LogP contribution in [0.4, 0.5) is 0 Å². The lowest BCUT2D eigenvalue weighted by Crippen LogP contribution is -2.45. The maximum Gasteiger partial charge on any atom is 0.00377 e. The smallest absolute Gasteiger partial charge is 0.00377 e. The van der Waals surface area contributed by atoms with Crippen molar-refractivity contribution in [3.8, 4) is 0 Å². The Morgan fingerprint density at radius 3 is 1.60 bits per heavy atom. The molecule has 15 heavy (non-hydrogen) atoms. The Bertz CT molecular complexity index is 176. The molecule has 92 valence electrons. The van der Waals surface area contributed by atoms with Gasteiger partial charge in [-0.05, 0) is 29.8 Å². The van der Waals surface area contributed by atoms with Crippen LogP contribution >= 0.6 is 0 Å². The van der Waals surface area contributed by atoms with Crippen LogP contribution in [-0.4, -0.2) is 24.5 Å². The van der Waals surface area contributed by atoms with Gasteiger partial charge in [-0.15, -0.1) is 0 Å². The molecule has 0 fully saturated rings. The summed E-state index contributed by atoms with van der Waals surface area (Å²) in [6.45, 7) is 22.3. The summed E-state index contributed by atoms with van der Waals surface area (Å²) >= 11 is 0. The van der Waals surface area contributed by atoms with Gasteiger partial charge in [-0.2, -0.15) is 0 Å². The standard InChI is InChI=1S/C14H31N/c1-9-15(10-2)11-13(5,6)14(7,8)12(3)4/h12H,9-11H2,1-8H3. The molecule has 0 aromatic carbocycles. The SMILES string of the molecule is CCN(CC)CC(C)(C)C(C)(C)C(C)C. The van der Waals surface area contributed by atoms with Crippen molar-refractivity contribution in [1.82, 2.24) is 4.90 Å². The molecular formula is C14H31N. The first-order chi connectivity index (χ1) is 6.69. The summed E-state index contributed by atoms with van der Waals surface area (Å²) in [5, 5.41) is 0. The first kappa shape index (κ1) is 15.0. The van der Waals surface area contributed by atoms with Crippen LogP contribution in [-0.2, 0) is 0 Å². The molecule has 1 heteroatoms. The normalized spacial score (nSPS) is 14.0. The molecule has 0 radical (unpaired) electrons. The Hall–Kier alpha value is -0.0400. The van der Waals surface area contributed by atoms with Gasteiger partial charge in [-0.3, -0.25) is 0 Å². The molecule has 0 rings (SSSR count). The van der Waals surface area contributed by atoms with Crippen LogP contribution in [0.5, 0.6) is 0 Å².